The molecule has 1 aliphatic rings. The summed E-state index contributed by atoms with van der Waals surface area (Å²) < 4.78 is 11.3. The molecule has 0 unspecified atom stereocenters. The van der Waals surface area contributed by atoms with E-state index in [4.69, 9.17) is 9.47 Å². The maximum Gasteiger partial charge on any atom is 0.313 e. The van der Waals surface area contributed by atoms with E-state index < -0.39 is 0 Å². The number of benzene rings is 2. The Morgan fingerprint density at radius 1 is 0.676 bits per heavy atom. The van der Waals surface area contributed by atoms with Gasteiger partial charge in [0.1, 0.15) is 11.5 Å². The third-order valence-corrected chi connectivity index (χ3v) is 5.58. The molecule has 0 spiro atoms. The highest BCUT2D eigenvalue weighted by Crippen LogP contribution is 2.45. The van der Waals surface area contributed by atoms with Crippen molar-refractivity contribution in [1.29, 1.82) is 0 Å². The maximum atomic E-state index is 11.9. The van der Waals surface area contributed by atoms with E-state index in [1.807, 2.05) is 81.4 Å². The van der Waals surface area contributed by atoms with E-state index in [2.05, 4.69) is 36.4 Å². The second-order valence-corrected chi connectivity index (χ2v) is 8.43. The Hall–Kier alpha value is -2.29. The summed E-state index contributed by atoms with van der Waals surface area (Å²) in [4.78, 5) is 11.9. The molecule has 3 heteroatoms. The number of carbonyl (C=O) groups excluding carboxylic acids is 1. The first-order valence-corrected chi connectivity index (χ1v) is 13.5. The molecule has 3 rings (SSSR count). The Balaban J connectivity index is 0.00000168. The van der Waals surface area contributed by atoms with E-state index >= 15 is 0 Å². The number of carbonyl (C=O) groups is 1. The summed E-state index contributed by atoms with van der Waals surface area (Å²) in [6, 6.07) is 16.7. The van der Waals surface area contributed by atoms with Gasteiger partial charge in [0.2, 0.25) is 0 Å². The summed E-state index contributed by atoms with van der Waals surface area (Å²) in [5.74, 6) is 1.21. The van der Waals surface area contributed by atoms with E-state index in [0.717, 1.165) is 18.6 Å². The van der Waals surface area contributed by atoms with E-state index in [0.29, 0.717) is 5.75 Å². The van der Waals surface area contributed by atoms with Gasteiger partial charge in [0, 0.05) is 5.41 Å². The smallest absolute Gasteiger partial charge is 0.313 e. The van der Waals surface area contributed by atoms with Gasteiger partial charge in [0.15, 0.2) is 0 Å². The van der Waals surface area contributed by atoms with Crippen molar-refractivity contribution >= 4 is 5.97 Å². The van der Waals surface area contributed by atoms with Crippen LogP contribution in [0.15, 0.2) is 48.5 Å². The number of ether oxygens (including phenoxy) is 2. The fourth-order valence-corrected chi connectivity index (χ4v) is 4.10. The zero-order valence-electron chi connectivity index (χ0n) is 23.5. The lowest BCUT2D eigenvalue weighted by atomic mass is 9.65. The summed E-state index contributed by atoms with van der Waals surface area (Å²) in [6.07, 6.45) is 6.21. The van der Waals surface area contributed by atoms with E-state index in [-0.39, 0.29) is 23.4 Å². The van der Waals surface area contributed by atoms with Crippen LogP contribution in [-0.4, -0.2) is 12.1 Å². The topological polar surface area (TPSA) is 35.5 Å². The van der Waals surface area contributed by atoms with Gasteiger partial charge < -0.3 is 9.47 Å². The van der Waals surface area contributed by atoms with Gasteiger partial charge in [-0.25, -0.2) is 0 Å². The van der Waals surface area contributed by atoms with Gasteiger partial charge in [-0.15, -0.1) is 0 Å². The van der Waals surface area contributed by atoms with Gasteiger partial charge in [-0.2, -0.15) is 0 Å². The average molecular weight is 471 g/mol. The third-order valence-electron chi connectivity index (χ3n) is 5.58. The van der Waals surface area contributed by atoms with Gasteiger partial charge in [-0.1, -0.05) is 98.9 Å². The minimum atomic E-state index is -0.194. The first-order chi connectivity index (χ1) is 16.4. The second kappa shape index (κ2) is 17.2. The zero-order valence-corrected chi connectivity index (χ0v) is 23.5. The van der Waals surface area contributed by atoms with Gasteiger partial charge in [0.05, 0.1) is 12.0 Å². The van der Waals surface area contributed by atoms with Crippen LogP contribution in [0.1, 0.15) is 112 Å². The van der Waals surface area contributed by atoms with Crippen molar-refractivity contribution in [1.82, 2.24) is 0 Å². The summed E-state index contributed by atoms with van der Waals surface area (Å²) in [5.41, 5.74) is 2.67. The van der Waals surface area contributed by atoms with Crippen LogP contribution in [0.4, 0.5) is 0 Å². The number of esters is 1. The van der Waals surface area contributed by atoms with Crippen LogP contribution in [0, 0.1) is 5.92 Å². The van der Waals surface area contributed by atoms with Gasteiger partial charge >= 0.3 is 5.97 Å². The Labute approximate surface area is 210 Å². The van der Waals surface area contributed by atoms with Crippen molar-refractivity contribution < 1.29 is 14.3 Å². The highest BCUT2D eigenvalue weighted by atomic mass is 16.5. The van der Waals surface area contributed by atoms with Crippen molar-refractivity contribution in [2.45, 2.75) is 113 Å². The van der Waals surface area contributed by atoms with Crippen LogP contribution in [0.25, 0.3) is 0 Å². The largest absolute Gasteiger partial charge is 0.491 e. The van der Waals surface area contributed by atoms with Gasteiger partial charge in [0.25, 0.3) is 0 Å². The Bertz CT molecular complexity index is 767. The molecule has 1 aliphatic carbocycles. The van der Waals surface area contributed by atoms with E-state index in [1.54, 1.807) is 0 Å². The first kappa shape index (κ1) is 31.7. The van der Waals surface area contributed by atoms with E-state index in [9.17, 15) is 4.79 Å². The third kappa shape index (κ3) is 9.16. The summed E-state index contributed by atoms with van der Waals surface area (Å²) >= 11 is 0. The van der Waals surface area contributed by atoms with Crippen molar-refractivity contribution in [2.24, 2.45) is 5.92 Å². The molecule has 2 aromatic rings. The van der Waals surface area contributed by atoms with Crippen LogP contribution < -0.4 is 9.47 Å². The SMILES string of the molecule is CC.CC.CC.CC(C)Oc1ccc(C2(c3ccc(OC(=O)C(C)C)cc3)CCCCC2)cc1. The molecule has 192 valence electrons. The minimum absolute atomic E-state index is 0.0230. The van der Waals surface area contributed by atoms with Crippen LogP contribution in [0.2, 0.25) is 0 Å². The Kier molecular flexibility index (Phi) is 16.0. The summed E-state index contributed by atoms with van der Waals surface area (Å²) in [6.45, 7) is 19.8. The minimum Gasteiger partial charge on any atom is -0.491 e. The Morgan fingerprint density at radius 3 is 1.47 bits per heavy atom. The normalized spacial score (nSPS) is 13.9. The molecule has 3 nitrogen and oxygen atoms in total. The Morgan fingerprint density at radius 2 is 1.09 bits per heavy atom. The monoisotopic (exact) mass is 470 g/mol. The molecule has 0 bridgehead atoms. The van der Waals surface area contributed by atoms with Crippen molar-refractivity contribution in [2.75, 3.05) is 0 Å². The highest BCUT2D eigenvalue weighted by molar-refractivity contribution is 5.74. The standard InChI is InChI=1S/C25H32O3.3C2H6/c1-18(2)24(26)28-23-14-10-21(11-15-23)25(16-6-5-7-17-25)20-8-12-22(13-9-20)27-19(3)4;3*1-2/h8-15,18-19H,5-7,16-17H2,1-4H3;3*1-2H3. The summed E-state index contributed by atoms with van der Waals surface area (Å²) in [5, 5.41) is 0. The van der Waals surface area contributed by atoms with Crippen molar-refractivity contribution in [3.8, 4) is 11.5 Å². The molecule has 0 saturated heterocycles. The molecule has 0 radical (unpaired) electrons. The molecule has 0 amide bonds. The molecule has 1 saturated carbocycles. The number of hydrogen-bond donors (Lipinski definition) is 0. The average Bonchev–Trinajstić information content (AvgIpc) is 2.88. The van der Waals surface area contributed by atoms with Crippen LogP contribution in [0.5, 0.6) is 11.5 Å². The lowest BCUT2D eigenvalue weighted by molar-refractivity contribution is -0.137. The highest BCUT2D eigenvalue weighted by Gasteiger charge is 2.35. The predicted molar refractivity (Wildman–Crippen MR) is 147 cm³/mol. The fraction of sp³-hybridized carbons (Fsp3) is 0.581. The van der Waals surface area contributed by atoms with E-state index in [1.165, 1.54) is 30.4 Å². The quantitative estimate of drug-likeness (QED) is 0.311. The van der Waals surface area contributed by atoms with Gasteiger partial charge in [-0.3, -0.25) is 4.79 Å². The van der Waals surface area contributed by atoms with Gasteiger partial charge in [-0.05, 0) is 62.1 Å². The fourth-order valence-electron chi connectivity index (χ4n) is 4.10. The molecule has 0 aromatic heterocycles. The molecule has 2 aromatic carbocycles. The summed E-state index contributed by atoms with van der Waals surface area (Å²) in [7, 11) is 0. The lowest BCUT2D eigenvalue weighted by Gasteiger charge is -2.38. The lowest BCUT2D eigenvalue weighted by Crippen LogP contribution is -2.30. The molecule has 0 atom stereocenters. The second-order valence-electron chi connectivity index (χ2n) is 8.43. The number of rotatable bonds is 6. The van der Waals surface area contributed by atoms with Crippen LogP contribution in [-0.2, 0) is 10.2 Å². The number of hydrogen-bond acceptors (Lipinski definition) is 3. The van der Waals surface area contributed by atoms with Crippen LogP contribution in [0.3, 0.4) is 0 Å². The molecular weight excluding hydrogens is 420 g/mol. The molecule has 1 fully saturated rings. The molecule has 0 aliphatic heterocycles. The maximum absolute atomic E-state index is 11.9. The van der Waals surface area contributed by atoms with Crippen molar-refractivity contribution in [3.63, 3.8) is 0 Å². The van der Waals surface area contributed by atoms with Crippen molar-refractivity contribution in [3.05, 3.63) is 59.7 Å². The molecule has 34 heavy (non-hydrogen) atoms. The molecule has 0 heterocycles. The first-order valence-electron chi connectivity index (χ1n) is 13.5. The molecule has 0 N–H and O–H groups in total. The zero-order chi connectivity index (χ0) is 26.1. The predicted octanol–water partition coefficient (Wildman–Crippen LogP) is 9.36. The molecular formula is C31H50O3. The van der Waals surface area contributed by atoms with Crippen LogP contribution >= 0.6 is 0 Å².